The highest BCUT2D eigenvalue weighted by Gasteiger charge is 2.35. The first kappa shape index (κ1) is 23.5. The Kier molecular flexibility index (Phi) is 7.99. The van der Waals surface area contributed by atoms with Crippen molar-refractivity contribution in [3.63, 3.8) is 0 Å². The lowest BCUT2D eigenvalue weighted by molar-refractivity contribution is -0.133. The molecule has 2 heterocycles. The number of aromatic nitrogens is 1. The van der Waals surface area contributed by atoms with E-state index in [0.29, 0.717) is 19.6 Å². The van der Waals surface area contributed by atoms with Crippen molar-refractivity contribution in [2.45, 2.75) is 25.8 Å². The van der Waals surface area contributed by atoms with Crippen molar-refractivity contribution in [2.24, 2.45) is 12.1 Å². The summed E-state index contributed by atoms with van der Waals surface area (Å²) in [5.41, 5.74) is 2.45. The van der Waals surface area contributed by atoms with Crippen LogP contribution in [-0.4, -0.2) is 65.5 Å². The monoisotopic (exact) mass is 443 g/mol. The highest BCUT2D eigenvalue weighted by atomic mass is 19.1. The second-order valence-electron chi connectivity index (χ2n) is 7.71. The van der Waals surface area contributed by atoms with Crippen LogP contribution in [0.4, 0.5) is 9.18 Å². The normalized spacial score (nSPS) is 15.6. The van der Waals surface area contributed by atoms with E-state index in [2.05, 4.69) is 10.4 Å². The van der Waals surface area contributed by atoms with Crippen LogP contribution >= 0.6 is 0 Å². The minimum absolute atomic E-state index is 0.138. The molecule has 8 nitrogen and oxygen atoms in total. The van der Waals surface area contributed by atoms with E-state index in [4.69, 9.17) is 4.74 Å². The topological polar surface area (TPSA) is 79.2 Å². The number of hydrogen-bond acceptors (Lipinski definition) is 4. The third kappa shape index (κ3) is 5.53. The lowest BCUT2D eigenvalue weighted by atomic mass is 10.0. The van der Waals surface area contributed by atoms with Gasteiger partial charge in [0.05, 0.1) is 24.1 Å². The number of urea groups is 1. The van der Waals surface area contributed by atoms with Gasteiger partial charge >= 0.3 is 6.03 Å². The minimum atomic E-state index is -0.379. The fourth-order valence-electron chi connectivity index (χ4n) is 3.63. The Labute approximate surface area is 187 Å². The molecule has 0 fully saturated rings. The van der Waals surface area contributed by atoms with Gasteiger partial charge in [-0.3, -0.25) is 4.79 Å². The summed E-state index contributed by atoms with van der Waals surface area (Å²) < 4.78 is 20.5. The summed E-state index contributed by atoms with van der Waals surface area (Å²) in [7, 11) is 3.46. The molecule has 0 radical (unpaired) electrons. The molecule has 172 valence electrons. The zero-order chi connectivity index (χ0) is 23.1. The molecule has 2 aromatic rings. The maximum absolute atomic E-state index is 13.5. The van der Waals surface area contributed by atoms with Crippen molar-refractivity contribution in [1.82, 2.24) is 19.8 Å². The SMILES string of the molecule is CCCNC(=O)N(CCOC)CC(=O)N1N=C(c2cccn2C)CC1c1ccc(F)cc1. The van der Waals surface area contributed by atoms with E-state index in [1.807, 2.05) is 36.9 Å². The number of amides is 3. The summed E-state index contributed by atoms with van der Waals surface area (Å²) in [4.78, 5) is 27.3. The average molecular weight is 444 g/mol. The number of methoxy groups -OCH3 is 1. The molecule has 1 aromatic heterocycles. The zero-order valence-electron chi connectivity index (χ0n) is 18.8. The smallest absolute Gasteiger partial charge is 0.317 e. The van der Waals surface area contributed by atoms with Gasteiger partial charge in [0, 0.05) is 39.9 Å². The number of carbonyl (C=O) groups excluding carboxylic acids is 2. The summed E-state index contributed by atoms with van der Waals surface area (Å²) in [6.45, 7) is 2.93. The van der Waals surface area contributed by atoms with Crippen LogP contribution in [0, 0.1) is 5.82 Å². The zero-order valence-corrected chi connectivity index (χ0v) is 18.8. The number of carbonyl (C=O) groups is 2. The Morgan fingerprint density at radius 2 is 2.03 bits per heavy atom. The standard InChI is InChI=1S/C23H30FN5O3/c1-4-11-25-23(31)28(13-14-32-3)16-22(30)29-21(17-7-9-18(24)10-8-17)15-19(26-29)20-6-5-12-27(20)2/h5-10,12,21H,4,11,13-16H2,1-3H3,(H,25,31). The summed E-state index contributed by atoms with van der Waals surface area (Å²) in [6.07, 6.45) is 3.20. The lowest BCUT2D eigenvalue weighted by Gasteiger charge is -2.27. The number of aryl methyl sites for hydroxylation is 1. The van der Waals surface area contributed by atoms with Crippen LogP contribution in [0.1, 0.15) is 37.1 Å². The minimum Gasteiger partial charge on any atom is -0.383 e. The van der Waals surface area contributed by atoms with Crippen LogP contribution < -0.4 is 5.32 Å². The molecule has 1 aliphatic heterocycles. The van der Waals surface area contributed by atoms with Crippen LogP contribution in [0.5, 0.6) is 0 Å². The third-order valence-electron chi connectivity index (χ3n) is 5.36. The van der Waals surface area contributed by atoms with E-state index in [0.717, 1.165) is 23.4 Å². The van der Waals surface area contributed by atoms with Gasteiger partial charge in [0.25, 0.3) is 5.91 Å². The van der Waals surface area contributed by atoms with Gasteiger partial charge < -0.3 is 19.5 Å². The third-order valence-corrected chi connectivity index (χ3v) is 5.36. The Morgan fingerprint density at radius 1 is 1.28 bits per heavy atom. The van der Waals surface area contributed by atoms with E-state index in [1.165, 1.54) is 22.0 Å². The number of halogens is 1. The summed E-state index contributed by atoms with van der Waals surface area (Å²) in [6, 6.07) is 9.25. The average Bonchev–Trinajstić information content (AvgIpc) is 3.41. The fraction of sp³-hybridized carbons (Fsp3) is 0.435. The van der Waals surface area contributed by atoms with Crippen molar-refractivity contribution in [1.29, 1.82) is 0 Å². The van der Waals surface area contributed by atoms with Gasteiger partial charge in [0.2, 0.25) is 0 Å². The predicted molar refractivity (Wildman–Crippen MR) is 120 cm³/mol. The molecule has 3 amide bonds. The number of nitrogens with one attached hydrogen (secondary N) is 1. The maximum atomic E-state index is 13.5. The second kappa shape index (κ2) is 10.9. The van der Waals surface area contributed by atoms with Gasteiger partial charge in [-0.05, 0) is 36.2 Å². The summed E-state index contributed by atoms with van der Waals surface area (Å²) >= 11 is 0. The largest absolute Gasteiger partial charge is 0.383 e. The van der Waals surface area contributed by atoms with Gasteiger partial charge in [0.15, 0.2) is 0 Å². The number of hydrazone groups is 1. The van der Waals surface area contributed by atoms with Gasteiger partial charge in [-0.1, -0.05) is 19.1 Å². The van der Waals surface area contributed by atoms with Crippen molar-refractivity contribution >= 4 is 17.6 Å². The van der Waals surface area contributed by atoms with Crippen LogP contribution in [0.15, 0.2) is 47.7 Å². The highest BCUT2D eigenvalue weighted by molar-refractivity contribution is 6.02. The van der Waals surface area contributed by atoms with E-state index in [1.54, 1.807) is 19.2 Å². The first-order chi connectivity index (χ1) is 15.4. The molecule has 3 rings (SSSR count). The molecule has 1 aliphatic rings. The molecule has 0 saturated carbocycles. The van der Waals surface area contributed by atoms with Gasteiger partial charge in [-0.25, -0.2) is 14.2 Å². The second-order valence-corrected chi connectivity index (χ2v) is 7.71. The lowest BCUT2D eigenvalue weighted by Crippen LogP contribution is -2.47. The molecule has 1 N–H and O–H groups in total. The number of benzene rings is 1. The van der Waals surface area contributed by atoms with E-state index < -0.39 is 0 Å². The van der Waals surface area contributed by atoms with Gasteiger partial charge in [0.1, 0.15) is 12.4 Å². The fourth-order valence-corrected chi connectivity index (χ4v) is 3.63. The van der Waals surface area contributed by atoms with Crippen LogP contribution in [-0.2, 0) is 16.6 Å². The predicted octanol–water partition coefficient (Wildman–Crippen LogP) is 2.91. The van der Waals surface area contributed by atoms with Gasteiger partial charge in [-0.15, -0.1) is 0 Å². The molecule has 0 saturated heterocycles. The number of ether oxygens (including phenoxy) is 1. The van der Waals surface area contributed by atoms with Crippen molar-refractivity contribution in [3.8, 4) is 0 Å². The van der Waals surface area contributed by atoms with Crippen molar-refractivity contribution < 1.29 is 18.7 Å². The van der Waals surface area contributed by atoms with Crippen molar-refractivity contribution in [2.75, 3.05) is 33.4 Å². The molecule has 1 unspecified atom stereocenters. The molecule has 32 heavy (non-hydrogen) atoms. The Balaban J connectivity index is 1.85. The number of rotatable bonds is 9. The van der Waals surface area contributed by atoms with Crippen LogP contribution in [0.2, 0.25) is 0 Å². The van der Waals surface area contributed by atoms with Crippen LogP contribution in [0.25, 0.3) is 0 Å². The Morgan fingerprint density at radius 3 is 2.66 bits per heavy atom. The summed E-state index contributed by atoms with van der Waals surface area (Å²) in [5.74, 6) is -0.655. The summed E-state index contributed by atoms with van der Waals surface area (Å²) in [5, 5.41) is 8.85. The van der Waals surface area contributed by atoms with E-state index in [-0.39, 0.29) is 36.9 Å². The number of hydrogen-bond donors (Lipinski definition) is 1. The number of nitrogens with zero attached hydrogens (tertiary/aromatic N) is 4. The van der Waals surface area contributed by atoms with Gasteiger partial charge in [-0.2, -0.15) is 5.10 Å². The first-order valence-electron chi connectivity index (χ1n) is 10.7. The van der Waals surface area contributed by atoms with Crippen molar-refractivity contribution in [3.05, 3.63) is 59.7 Å². The van der Waals surface area contributed by atoms with Crippen LogP contribution in [0.3, 0.4) is 0 Å². The first-order valence-corrected chi connectivity index (χ1v) is 10.7. The molecular formula is C23H30FN5O3. The molecule has 9 heteroatoms. The molecule has 0 spiro atoms. The molecule has 1 atom stereocenters. The van der Waals surface area contributed by atoms with E-state index in [9.17, 15) is 14.0 Å². The molecule has 0 bridgehead atoms. The van der Waals surface area contributed by atoms with E-state index >= 15 is 0 Å². The maximum Gasteiger partial charge on any atom is 0.317 e. The Bertz CT molecular complexity index is 957. The highest BCUT2D eigenvalue weighted by Crippen LogP contribution is 2.33. The molecular weight excluding hydrogens is 413 g/mol. The molecule has 1 aromatic carbocycles. The Hall–Kier alpha value is -3.20. The quantitative estimate of drug-likeness (QED) is 0.647. The molecule has 0 aliphatic carbocycles.